The molecule has 0 unspecified atom stereocenters. The van der Waals surface area contributed by atoms with Gasteiger partial charge < -0.3 is 4.90 Å². The molecular weight excluding hydrogens is 266 g/mol. The van der Waals surface area contributed by atoms with Crippen LogP contribution in [0.25, 0.3) is 10.2 Å². The number of nitrogens with zero attached hydrogens (tertiary/aromatic N) is 3. The average molecular weight is 281 g/mol. The summed E-state index contributed by atoms with van der Waals surface area (Å²) in [4.78, 5) is 12.4. The largest absolute Gasteiger partial charge is 0.352 e. The lowest BCUT2D eigenvalue weighted by Gasteiger charge is -2.22. The zero-order chi connectivity index (χ0) is 13.4. The van der Waals surface area contributed by atoms with Crippen molar-refractivity contribution in [2.24, 2.45) is 0 Å². The minimum atomic E-state index is 0.943. The van der Waals surface area contributed by atoms with Crippen molar-refractivity contribution in [1.29, 1.82) is 0 Å². The first kappa shape index (κ1) is 11.9. The first-order valence-corrected chi connectivity index (χ1v) is 7.80. The second-order valence-corrected chi connectivity index (χ2v) is 6.03. The van der Waals surface area contributed by atoms with Crippen LogP contribution in [0.3, 0.4) is 0 Å². The van der Waals surface area contributed by atoms with Gasteiger partial charge in [-0.25, -0.2) is 9.97 Å². The van der Waals surface area contributed by atoms with Crippen molar-refractivity contribution in [2.45, 2.75) is 19.4 Å². The van der Waals surface area contributed by atoms with E-state index in [1.165, 1.54) is 22.9 Å². The summed E-state index contributed by atoms with van der Waals surface area (Å²) in [5.41, 5.74) is 2.90. The summed E-state index contributed by atoms with van der Waals surface area (Å²) in [7, 11) is 0. The maximum atomic E-state index is 4.54. The number of rotatable bonds is 1. The van der Waals surface area contributed by atoms with E-state index in [-0.39, 0.29) is 0 Å². The van der Waals surface area contributed by atoms with Gasteiger partial charge in [0.1, 0.15) is 17.0 Å². The van der Waals surface area contributed by atoms with Gasteiger partial charge in [0.15, 0.2) is 0 Å². The van der Waals surface area contributed by atoms with E-state index >= 15 is 0 Å². The zero-order valence-electron chi connectivity index (χ0n) is 11.1. The molecule has 0 N–H and O–H groups in total. The van der Waals surface area contributed by atoms with Gasteiger partial charge in [0, 0.05) is 13.1 Å². The Morgan fingerprint density at radius 1 is 1.05 bits per heavy atom. The minimum absolute atomic E-state index is 0.943. The van der Waals surface area contributed by atoms with Crippen molar-refractivity contribution < 1.29 is 0 Å². The Balaban J connectivity index is 1.77. The highest BCUT2D eigenvalue weighted by Crippen LogP contribution is 2.29. The Bertz CT molecular complexity index is 750. The topological polar surface area (TPSA) is 29.0 Å². The molecule has 0 saturated carbocycles. The number of aromatic nitrogens is 2. The van der Waals surface area contributed by atoms with E-state index in [0.717, 1.165) is 30.2 Å². The Morgan fingerprint density at radius 2 is 1.95 bits per heavy atom. The molecule has 0 amide bonds. The molecule has 0 atom stereocenters. The van der Waals surface area contributed by atoms with Crippen LogP contribution in [0.4, 0.5) is 5.82 Å². The molecule has 3 heterocycles. The number of fused-ring (bicyclic) bond motifs is 2. The van der Waals surface area contributed by atoms with E-state index in [9.17, 15) is 0 Å². The van der Waals surface area contributed by atoms with E-state index < -0.39 is 0 Å². The summed E-state index contributed by atoms with van der Waals surface area (Å²) in [6.07, 6.45) is 4.02. The fourth-order valence-electron chi connectivity index (χ4n) is 2.91. The van der Waals surface area contributed by atoms with Gasteiger partial charge in [-0.1, -0.05) is 24.3 Å². The summed E-state index contributed by atoms with van der Waals surface area (Å²) in [6, 6.07) is 10.9. The third kappa shape index (κ3) is 1.96. The first-order chi connectivity index (χ1) is 9.92. The summed E-state index contributed by atoms with van der Waals surface area (Å²) in [5, 5.41) is 3.27. The van der Waals surface area contributed by atoms with Crippen LogP contribution >= 0.6 is 11.3 Å². The molecule has 0 aliphatic carbocycles. The van der Waals surface area contributed by atoms with Gasteiger partial charge in [-0.3, -0.25) is 0 Å². The third-order valence-corrected chi connectivity index (χ3v) is 4.71. The van der Waals surface area contributed by atoms with Crippen LogP contribution in [-0.2, 0) is 13.0 Å². The van der Waals surface area contributed by atoms with Gasteiger partial charge >= 0.3 is 0 Å². The highest BCUT2D eigenvalue weighted by molar-refractivity contribution is 7.16. The highest BCUT2D eigenvalue weighted by Gasteiger charge is 2.17. The Morgan fingerprint density at radius 3 is 2.90 bits per heavy atom. The molecule has 2 aromatic heterocycles. The van der Waals surface area contributed by atoms with E-state index in [2.05, 4.69) is 50.6 Å². The molecule has 20 heavy (non-hydrogen) atoms. The number of thiophene rings is 1. The second kappa shape index (κ2) is 4.87. The summed E-state index contributed by atoms with van der Waals surface area (Å²) in [5.74, 6) is 1.08. The van der Waals surface area contributed by atoms with Gasteiger partial charge in [0.25, 0.3) is 0 Å². The molecule has 0 bridgehead atoms. The third-order valence-electron chi connectivity index (χ3n) is 3.89. The fraction of sp³-hybridized carbons (Fsp3) is 0.250. The number of anilines is 1. The fourth-order valence-corrected chi connectivity index (χ4v) is 3.64. The minimum Gasteiger partial charge on any atom is -0.352 e. The van der Waals surface area contributed by atoms with Gasteiger partial charge in [0.2, 0.25) is 0 Å². The normalized spacial score (nSPS) is 15.1. The molecule has 0 saturated heterocycles. The molecular formula is C16H15N3S. The van der Waals surface area contributed by atoms with Crippen molar-refractivity contribution in [1.82, 2.24) is 9.97 Å². The van der Waals surface area contributed by atoms with Gasteiger partial charge in [-0.2, -0.15) is 0 Å². The molecule has 0 radical (unpaired) electrons. The molecule has 4 rings (SSSR count). The molecule has 3 nitrogen and oxygen atoms in total. The van der Waals surface area contributed by atoms with E-state index in [4.69, 9.17) is 0 Å². The Labute approximate surface area is 121 Å². The van der Waals surface area contributed by atoms with Crippen LogP contribution in [0.2, 0.25) is 0 Å². The summed E-state index contributed by atoms with van der Waals surface area (Å²) in [6.45, 7) is 1.99. The van der Waals surface area contributed by atoms with Crippen LogP contribution in [-0.4, -0.2) is 16.5 Å². The quantitative estimate of drug-likeness (QED) is 0.682. The molecule has 4 heteroatoms. The lowest BCUT2D eigenvalue weighted by atomic mass is 10.0. The van der Waals surface area contributed by atoms with Crippen molar-refractivity contribution >= 4 is 27.4 Å². The van der Waals surface area contributed by atoms with E-state index in [1.54, 1.807) is 17.7 Å². The molecule has 0 fully saturated rings. The van der Waals surface area contributed by atoms with Crippen molar-refractivity contribution in [3.63, 3.8) is 0 Å². The first-order valence-electron chi connectivity index (χ1n) is 6.92. The lowest BCUT2D eigenvalue weighted by molar-refractivity contribution is 0.757. The molecule has 0 spiro atoms. The van der Waals surface area contributed by atoms with Crippen LogP contribution in [0.15, 0.2) is 42.0 Å². The maximum Gasteiger partial charge on any atom is 0.141 e. The van der Waals surface area contributed by atoms with E-state index in [0.29, 0.717) is 0 Å². The standard InChI is InChI=1S/C16H15N3S/c1-2-5-13-10-19(8-3-6-12(13)4-1)15-14-7-9-20-16(14)18-11-17-15/h1-2,4-5,7,9,11H,3,6,8,10H2. The number of benzene rings is 1. The van der Waals surface area contributed by atoms with Gasteiger partial charge in [-0.15, -0.1) is 11.3 Å². The Kier molecular flexibility index (Phi) is 2.89. The maximum absolute atomic E-state index is 4.54. The predicted molar refractivity (Wildman–Crippen MR) is 83.2 cm³/mol. The van der Waals surface area contributed by atoms with Crippen molar-refractivity contribution in [3.05, 3.63) is 53.2 Å². The number of hydrogen-bond acceptors (Lipinski definition) is 4. The Hall–Kier alpha value is -1.94. The van der Waals surface area contributed by atoms with Crippen molar-refractivity contribution in [3.8, 4) is 0 Å². The molecule has 1 aromatic carbocycles. The highest BCUT2D eigenvalue weighted by atomic mass is 32.1. The van der Waals surface area contributed by atoms with Crippen LogP contribution < -0.4 is 4.90 Å². The molecule has 1 aliphatic rings. The summed E-state index contributed by atoms with van der Waals surface area (Å²) < 4.78 is 0. The zero-order valence-corrected chi connectivity index (χ0v) is 11.9. The lowest BCUT2D eigenvalue weighted by Crippen LogP contribution is -2.23. The van der Waals surface area contributed by atoms with Crippen LogP contribution in [0.5, 0.6) is 0 Å². The molecule has 3 aromatic rings. The van der Waals surface area contributed by atoms with Gasteiger partial charge in [-0.05, 0) is 35.4 Å². The second-order valence-electron chi connectivity index (χ2n) is 5.13. The van der Waals surface area contributed by atoms with E-state index in [1.807, 2.05) is 0 Å². The van der Waals surface area contributed by atoms with Crippen molar-refractivity contribution in [2.75, 3.05) is 11.4 Å². The monoisotopic (exact) mass is 281 g/mol. The smallest absolute Gasteiger partial charge is 0.141 e. The average Bonchev–Trinajstić information content (AvgIpc) is 2.86. The number of aryl methyl sites for hydroxylation is 1. The molecule has 100 valence electrons. The summed E-state index contributed by atoms with van der Waals surface area (Å²) >= 11 is 1.68. The van der Waals surface area contributed by atoms with Crippen LogP contribution in [0.1, 0.15) is 17.5 Å². The number of hydrogen-bond donors (Lipinski definition) is 0. The van der Waals surface area contributed by atoms with Crippen LogP contribution in [0, 0.1) is 0 Å². The SMILES string of the molecule is c1ccc2c(c1)CCCN(c1ncnc3sccc13)C2. The predicted octanol–water partition coefficient (Wildman–Crippen LogP) is 3.64. The van der Waals surface area contributed by atoms with Gasteiger partial charge in [0.05, 0.1) is 5.39 Å². The molecule has 1 aliphatic heterocycles.